The summed E-state index contributed by atoms with van der Waals surface area (Å²) in [5.41, 5.74) is 5.42. The Hall–Kier alpha value is -2.48. The Morgan fingerprint density at radius 3 is 2.36 bits per heavy atom. The number of hydrogen-bond acceptors (Lipinski definition) is 3. The van der Waals surface area contributed by atoms with Crippen molar-refractivity contribution in [1.29, 1.82) is 0 Å². The van der Waals surface area contributed by atoms with Crippen molar-refractivity contribution < 1.29 is 9.53 Å². The Balaban J connectivity index is 1.39. The maximum absolute atomic E-state index is 12.1. The smallest absolute Gasteiger partial charge is 0.244 e. The Kier molecular flexibility index (Phi) is 7.96. The maximum atomic E-state index is 12.1. The minimum Gasteiger partial charge on any atom is -0.487 e. The van der Waals surface area contributed by atoms with Crippen LogP contribution in [0.15, 0.2) is 97.4 Å². The first kappa shape index (κ1) is 23.7. The lowest BCUT2D eigenvalue weighted by Gasteiger charge is -2.13. The van der Waals surface area contributed by atoms with Gasteiger partial charge in [0.1, 0.15) is 12.4 Å². The molecular weight excluding hydrogens is 612 g/mol. The lowest BCUT2D eigenvalue weighted by molar-refractivity contribution is -0.120. The number of nitrogens with zero attached hydrogens (tertiary/aromatic N) is 1. The molecule has 0 saturated heterocycles. The van der Waals surface area contributed by atoms with Crippen molar-refractivity contribution in [3.05, 3.63) is 109 Å². The summed E-state index contributed by atoms with van der Waals surface area (Å²) in [7, 11) is 0. The number of hydrazone groups is 1. The first-order chi connectivity index (χ1) is 16.0. The highest BCUT2D eigenvalue weighted by molar-refractivity contribution is 9.11. The summed E-state index contributed by atoms with van der Waals surface area (Å²) in [5.74, 6) is 0.529. The first-order valence-electron chi connectivity index (χ1n) is 10.1. The molecule has 0 aliphatic rings. The predicted molar refractivity (Wildman–Crippen MR) is 144 cm³/mol. The third-order valence-electron chi connectivity index (χ3n) is 4.95. The zero-order valence-electron chi connectivity index (χ0n) is 17.4. The van der Waals surface area contributed by atoms with Crippen molar-refractivity contribution in [2.45, 2.75) is 13.0 Å². The lowest BCUT2D eigenvalue weighted by Crippen LogP contribution is -2.19. The van der Waals surface area contributed by atoms with Gasteiger partial charge in [0.2, 0.25) is 5.91 Å². The number of benzene rings is 4. The normalized spacial score (nSPS) is 11.1. The first-order valence-corrected chi connectivity index (χ1v) is 12.5. The van der Waals surface area contributed by atoms with E-state index in [-0.39, 0.29) is 12.3 Å². The van der Waals surface area contributed by atoms with Crippen LogP contribution in [0.2, 0.25) is 0 Å². The second kappa shape index (κ2) is 11.1. The van der Waals surface area contributed by atoms with Crippen molar-refractivity contribution in [3.8, 4) is 5.75 Å². The van der Waals surface area contributed by atoms with Crippen LogP contribution in [-0.4, -0.2) is 12.1 Å². The quantitative estimate of drug-likeness (QED) is 0.171. The van der Waals surface area contributed by atoms with Crippen LogP contribution < -0.4 is 10.2 Å². The number of hydrogen-bond donors (Lipinski definition) is 1. The highest BCUT2D eigenvalue weighted by atomic mass is 79.9. The summed E-state index contributed by atoms with van der Waals surface area (Å²) in [6.45, 7) is 0.443. The number of amides is 1. The monoisotopic (exact) mass is 628 g/mol. The summed E-state index contributed by atoms with van der Waals surface area (Å²) in [6.07, 6.45) is 1.86. The van der Waals surface area contributed by atoms with Crippen molar-refractivity contribution in [1.82, 2.24) is 5.43 Å². The fraction of sp³-hybridized carbons (Fsp3) is 0.0769. The summed E-state index contributed by atoms with van der Waals surface area (Å²) in [6, 6.07) is 25.9. The zero-order valence-corrected chi connectivity index (χ0v) is 22.2. The van der Waals surface area contributed by atoms with Gasteiger partial charge in [-0.25, -0.2) is 5.43 Å². The standard InChI is InChI=1S/C26H19Br3N2O2/c27-21-10-8-17(9-11-21)14-25(32)31-30-15-18-12-23(28)26(24(29)13-18)33-16-20-6-3-5-19-4-1-2-7-22(19)20/h1-13,15H,14,16H2,(H,31,32)/b30-15+. The fourth-order valence-corrected chi connectivity index (χ4v) is 5.08. The molecule has 4 nitrogen and oxygen atoms in total. The van der Waals surface area contributed by atoms with E-state index in [2.05, 4.69) is 82.6 Å². The van der Waals surface area contributed by atoms with Gasteiger partial charge >= 0.3 is 0 Å². The van der Waals surface area contributed by atoms with E-state index in [1.807, 2.05) is 54.6 Å². The molecule has 0 aliphatic carbocycles. The minimum absolute atomic E-state index is 0.179. The number of nitrogens with one attached hydrogen (secondary N) is 1. The van der Waals surface area contributed by atoms with Crippen molar-refractivity contribution in [2.24, 2.45) is 5.10 Å². The van der Waals surface area contributed by atoms with E-state index in [4.69, 9.17) is 4.74 Å². The van der Waals surface area contributed by atoms with Gasteiger partial charge in [0.15, 0.2) is 0 Å². The Labute approximate surface area is 217 Å². The number of carbonyl (C=O) groups excluding carboxylic acids is 1. The molecule has 166 valence electrons. The molecule has 0 spiro atoms. The van der Waals surface area contributed by atoms with Crippen LogP contribution in [0.1, 0.15) is 16.7 Å². The van der Waals surface area contributed by atoms with E-state index in [1.165, 1.54) is 10.8 Å². The van der Waals surface area contributed by atoms with Gasteiger partial charge in [0.25, 0.3) is 0 Å². The Morgan fingerprint density at radius 1 is 0.909 bits per heavy atom. The number of carbonyl (C=O) groups is 1. The number of ether oxygens (including phenoxy) is 1. The molecule has 1 N–H and O–H groups in total. The van der Waals surface area contributed by atoms with Crippen LogP contribution >= 0.6 is 47.8 Å². The Morgan fingerprint density at radius 2 is 1.61 bits per heavy atom. The molecule has 0 aromatic heterocycles. The van der Waals surface area contributed by atoms with Crippen molar-refractivity contribution in [3.63, 3.8) is 0 Å². The van der Waals surface area contributed by atoms with Gasteiger partial charge in [0, 0.05) is 4.47 Å². The summed E-state index contributed by atoms with van der Waals surface area (Å²) in [5, 5.41) is 6.44. The van der Waals surface area contributed by atoms with Gasteiger partial charge < -0.3 is 4.74 Å². The second-order valence-electron chi connectivity index (χ2n) is 7.34. The van der Waals surface area contributed by atoms with Crippen LogP contribution in [0.25, 0.3) is 10.8 Å². The van der Waals surface area contributed by atoms with Gasteiger partial charge in [-0.3, -0.25) is 4.79 Å². The second-order valence-corrected chi connectivity index (χ2v) is 9.96. The molecule has 4 aromatic rings. The van der Waals surface area contributed by atoms with Crippen LogP contribution in [0.5, 0.6) is 5.75 Å². The molecule has 0 unspecified atom stereocenters. The third-order valence-corrected chi connectivity index (χ3v) is 6.66. The molecule has 0 atom stereocenters. The number of halogens is 3. The molecule has 4 rings (SSSR count). The topological polar surface area (TPSA) is 50.7 Å². The molecule has 0 bridgehead atoms. The zero-order chi connectivity index (χ0) is 23.2. The van der Waals surface area contributed by atoms with Gasteiger partial charge in [-0.15, -0.1) is 0 Å². The van der Waals surface area contributed by atoms with Crippen LogP contribution in [0, 0.1) is 0 Å². The summed E-state index contributed by atoms with van der Waals surface area (Å²) < 4.78 is 8.68. The summed E-state index contributed by atoms with van der Waals surface area (Å²) >= 11 is 10.6. The SMILES string of the molecule is O=C(Cc1ccc(Br)cc1)N/N=C/c1cc(Br)c(OCc2cccc3ccccc23)c(Br)c1. The highest BCUT2D eigenvalue weighted by Gasteiger charge is 2.10. The van der Waals surface area contributed by atoms with E-state index in [9.17, 15) is 4.79 Å². The van der Waals surface area contributed by atoms with E-state index < -0.39 is 0 Å². The van der Waals surface area contributed by atoms with E-state index in [0.717, 1.165) is 30.1 Å². The molecule has 7 heteroatoms. The van der Waals surface area contributed by atoms with E-state index >= 15 is 0 Å². The van der Waals surface area contributed by atoms with Crippen molar-refractivity contribution in [2.75, 3.05) is 0 Å². The fourth-order valence-electron chi connectivity index (χ4n) is 3.37. The third kappa shape index (κ3) is 6.31. The van der Waals surface area contributed by atoms with Crippen LogP contribution in [0.4, 0.5) is 0 Å². The van der Waals surface area contributed by atoms with Crippen LogP contribution in [-0.2, 0) is 17.8 Å². The molecule has 0 aliphatic heterocycles. The molecule has 0 saturated carbocycles. The lowest BCUT2D eigenvalue weighted by atomic mass is 10.1. The van der Waals surface area contributed by atoms with Gasteiger partial charge in [-0.1, -0.05) is 70.5 Å². The number of fused-ring (bicyclic) bond motifs is 1. The molecule has 1 amide bonds. The summed E-state index contributed by atoms with van der Waals surface area (Å²) in [4.78, 5) is 12.1. The van der Waals surface area contributed by atoms with E-state index in [0.29, 0.717) is 12.4 Å². The molecular formula is C26H19Br3N2O2. The number of rotatable bonds is 7. The van der Waals surface area contributed by atoms with E-state index in [1.54, 1.807) is 6.21 Å². The molecule has 0 fully saturated rings. The molecule has 33 heavy (non-hydrogen) atoms. The maximum Gasteiger partial charge on any atom is 0.244 e. The predicted octanol–water partition coefficient (Wildman–Crippen LogP) is 7.40. The van der Waals surface area contributed by atoms with Gasteiger partial charge in [-0.05, 0) is 83.6 Å². The molecule has 0 radical (unpaired) electrons. The largest absolute Gasteiger partial charge is 0.487 e. The Bertz CT molecular complexity index is 1290. The van der Waals surface area contributed by atoms with Crippen molar-refractivity contribution >= 4 is 70.7 Å². The highest BCUT2D eigenvalue weighted by Crippen LogP contribution is 2.35. The minimum atomic E-state index is -0.179. The van der Waals surface area contributed by atoms with Gasteiger partial charge in [0.05, 0.1) is 21.6 Å². The average Bonchev–Trinajstić information content (AvgIpc) is 2.80. The molecule has 4 aromatic carbocycles. The van der Waals surface area contributed by atoms with Gasteiger partial charge in [-0.2, -0.15) is 5.10 Å². The van der Waals surface area contributed by atoms with Crippen LogP contribution in [0.3, 0.4) is 0 Å². The molecule has 0 heterocycles. The average molecular weight is 631 g/mol.